The molecule has 0 saturated heterocycles. The van der Waals surface area contributed by atoms with Crippen LogP contribution in [0.5, 0.6) is 0 Å². The van der Waals surface area contributed by atoms with Crippen molar-refractivity contribution < 1.29 is 17.9 Å². The number of aromatic nitrogens is 2. The van der Waals surface area contributed by atoms with E-state index in [4.69, 9.17) is 4.74 Å². The van der Waals surface area contributed by atoms with E-state index in [0.717, 1.165) is 16.1 Å². The van der Waals surface area contributed by atoms with E-state index in [-0.39, 0.29) is 13.2 Å². The maximum Gasteiger partial charge on any atom is 0.326 e. The molecule has 0 fully saturated rings. The molecule has 0 saturated carbocycles. The minimum atomic E-state index is -3.58. The predicted octanol–water partition coefficient (Wildman–Crippen LogP) is 0.892. The summed E-state index contributed by atoms with van der Waals surface area (Å²) in [5.74, 6) is -0.595. The summed E-state index contributed by atoms with van der Waals surface area (Å²) in [5.41, 5.74) is 1.80. The number of aromatic amines is 1. The largest absolute Gasteiger partial charge is 0.465 e. The highest BCUT2D eigenvalue weighted by atomic mass is 32.2. The molecule has 2 aromatic rings. The number of carbonyl (C=O) groups is 1. The molecule has 1 aromatic heterocycles. The first-order chi connectivity index (χ1) is 9.41. The summed E-state index contributed by atoms with van der Waals surface area (Å²) in [6, 6.07) is 4.91. The van der Waals surface area contributed by atoms with Gasteiger partial charge in [-0.2, -0.15) is 0 Å². The van der Waals surface area contributed by atoms with E-state index < -0.39 is 16.0 Å². The van der Waals surface area contributed by atoms with Crippen molar-refractivity contribution in [1.82, 2.24) is 9.97 Å². The van der Waals surface area contributed by atoms with Gasteiger partial charge in [0.15, 0.2) is 0 Å². The van der Waals surface area contributed by atoms with Crippen LogP contribution in [0.15, 0.2) is 24.5 Å². The number of esters is 1. The van der Waals surface area contributed by atoms with Crippen LogP contribution >= 0.6 is 0 Å². The number of rotatable bonds is 5. The van der Waals surface area contributed by atoms with Crippen molar-refractivity contribution in [3.8, 4) is 0 Å². The SMILES string of the molecule is CCOC(=O)CN(c1ccc2nc[nH]c2c1)S(C)(=O)=O. The lowest BCUT2D eigenvalue weighted by Crippen LogP contribution is -2.35. The van der Waals surface area contributed by atoms with Gasteiger partial charge in [-0.3, -0.25) is 9.10 Å². The quantitative estimate of drug-likeness (QED) is 0.827. The van der Waals surface area contributed by atoms with Crippen LogP contribution in [0, 0.1) is 0 Å². The van der Waals surface area contributed by atoms with Gasteiger partial charge >= 0.3 is 5.97 Å². The third-order valence-electron chi connectivity index (χ3n) is 2.67. The Hall–Kier alpha value is -2.09. The maximum absolute atomic E-state index is 11.8. The van der Waals surface area contributed by atoms with Crippen LogP contribution in [-0.2, 0) is 19.6 Å². The highest BCUT2D eigenvalue weighted by Gasteiger charge is 2.21. The summed E-state index contributed by atoms with van der Waals surface area (Å²) in [6.45, 7) is 1.52. The molecule has 108 valence electrons. The number of fused-ring (bicyclic) bond motifs is 1. The molecule has 1 N–H and O–H groups in total. The lowest BCUT2D eigenvalue weighted by Gasteiger charge is -2.21. The molecule has 7 nitrogen and oxygen atoms in total. The van der Waals surface area contributed by atoms with Gasteiger partial charge in [0.25, 0.3) is 0 Å². The zero-order valence-corrected chi connectivity index (χ0v) is 12.0. The van der Waals surface area contributed by atoms with Crippen molar-refractivity contribution in [3.63, 3.8) is 0 Å². The van der Waals surface area contributed by atoms with E-state index in [1.165, 1.54) is 6.33 Å². The molecule has 0 aliphatic rings. The molecule has 20 heavy (non-hydrogen) atoms. The molecule has 0 aliphatic heterocycles. The van der Waals surface area contributed by atoms with Crippen molar-refractivity contribution in [2.45, 2.75) is 6.92 Å². The molecule has 0 spiro atoms. The standard InChI is InChI=1S/C12H15N3O4S/c1-3-19-12(16)7-15(20(2,17)18)9-4-5-10-11(6-9)14-8-13-10/h4-6,8H,3,7H2,1-2H3,(H,13,14). The number of imidazole rings is 1. The minimum Gasteiger partial charge on any atom is -0.465 e. The van der Waals surface area contributed by atoms with Crippen LogP contribution in [0.4, 0.5) is 5.69 Å². The molecular formula is C12H15N3O4S. The number of hydrogen-bond donors (Lipinski definition) is 1. The molecule has 0 atom stereocenters. The molecule has 1 heterocycles. The van der Waals surface area contributed by atoms with Gasteiger partial charge < -0.3 is 9.72 Å². The van der Waals surface area contributed by atoms with Gasteiger partial charge in [-0.05, 0) is 25.1 Å². The number of ether oxygens (including phenoxy) is 1. The predicted molar refractivity (Wildman–Crippen MR) is 74.9 cm³/mol. The van der Waals surface area contributed by atoms with Gasteiger partial charge in [-0.1, -0.05) is 0 Å². The average molecular weight is 297 g/mol. The van der Waals surface area contributed by atoms with E-state index in [2.05, 4.69) is 9.97 Å². The van der Waals surface area contributed by atoms with Crippen LogP contribution in [-0.4, -0.2) is 43.8 Å². The highest BCUT2D eigenvalue weighted by Crippen LogP contribution is 2.21. The summed E-state index contributed by atoms with van der Waals surface area (Å²) in [5, 5.41) is 0. The zero-order valence-electron chi connectivity index (χ0n) is 11.2. The van der Waals surface area contributed by atoms with E-state index in [0.29, 0.717) is 11.2 Å². The fourth-order valence-electron chi connectivity index (χ4n) is 1.80. The van der Waals surface area contributed by atoms with E-state index >= 15 is 0 Å². The summed E-state index contributed by atoms with van der Waals surface area (Å²) in [7, 11) is -3.58. The van der Waals surface area contributed by atoms with Crippen molar-refractivity contribution in [3.05, 3.63) is 24.5 Å². The monoisotopic (exact) mass is 297 g/mol. The highest BCUT2D eigenvalue weighted by molar-refractivity contribution is 7.92. The smallest absolute Gasteiger partial charge is 0.326 e. The molecule has 0 unspecified atom stereocenters. The van der Waals surface area contributed by atoms with Crippen LogP contribution in [0.25, 0.3) is 11.0 Å². The van der Waals surface area contributed by atoms with Crippen LogP contribution in [0.3, 0.4) is 0 Å². The molecule has 1 aromatic carbocycles. The average Bonchev–Trinajstić information content (AvgIpc) is 2.82. The number of benzene rings is 1. The lowest BCUT2D eigenvalue weighted by molar-refractivity contribution is -0.141. The Morgan fingerprint density at radius 1 is 1.45 bits per heavy atom. The fourth-order valence-corrected chi connectivity index (χ4v) is 2.64. The van der Waals surface area contributed by atoms with Gasteiger partial charge in [0.1, 0.15) is 6.54 Å². The Bertz CT molecular complexity index is 723. The number of H-pyrrole nitrogens is 1. The van der Waals surface area contributed by atoms with Crippen LogP contribution in [0.2, 0.25) is 0 Å². The Morgan fingerprint density at radius 2 is 2.20 bits per heavy atom. The second-order valence-corrected chi connectivity index (χ2v) is 6.09. The molecule has 2 rings (SSSR count). The van der Waals surface area contributed by atoms with Gasteiger partial charge in [-0.15, -0.1) is 0 Å². The van der Waals surface area contributed by atoms with Crippen LogP contribution in [0.1, 0.15) is 6.92 Å². The normalized spacial score (nSPS) is 11.5. The second-order valence-electron chi connectivity index (χ2n) is 4.18. The third-order valence-corrected chi connectivity index (χ3v) is 3.81. The Balaban J connectivity index is 2.37. The lowest BCUT2D eigenvalue weighted by atomic mass is 10.3. The Kier molecular flexibility index (Phi) is 3.93. The third kappa shape index (κ3) is 3.08. The Morgan fingerprint density at radius 3 is 2.85 bits per heavy atom. The summed E-state index contributed by atoms with van der Waals surface area (Å²) in [6.07, 6.45) is 2.56. The van der Waals surface area contributed by atoms with Crippen LogP contribution < -0.4 is 4.31 Å². The molecule has 8 heteroatoms. The molecule has 0 bridgehead atoms. The van der Waals surface area contributed by atoms with Crippen molar-refractivity contribution >= 4 is 32.7 Å². The molecule has 0 radical (unpaired) electrons. The summed E-state index contributed by atoms with van der Waals surface area (Å²) in [4.78, 5) is 18.5. The van der Waals surface area contributed by atoms with Gasteiger partial charge in [0.05, 0.1) is 35.9 Å². The van der Waals surface area contributed by atoms with E-state index in [1.54, 1.807) is 25.1 Å². The van der Waals surface area contributed by atoms with Crippen molar-refractivity contribution in [1.29, 1.82) is 0 Å². The van der Waals surface area contributed by atoms with E-state index in [9.17, 15) is 13.2 Å². The van der Waals surface area contributed by atoms with Crippen molar-refractivity contribution in [2.24, 2.45) is 0 Å². The number of sulfonamides is 1. The number of nitrogens with one attached hydrogen (secondary N) is 1. The second kappa shape index (κ2) is 5.49. The first-order valence-corrected chi connectivity index (χ1v) is 7.83. The van der Waals surface area contributed by atoms with Gasteiger partial charge in [-0.25, -0.2) is 13.4 Å². The number of nitrogens with zero attached hydrogens (tertiary/aromatic N) is 2. The van der Waals surface area contributed by atoms with E-state index in [1.807, 2.05) is 0 Å². The summed E-state index contributed by atoms with van der Waals surface area (Å²) >= 11 is 0. The molecule has 0 aliphatic carbocycles. The first kappa shape index (κ1) is 14.3. The molecular weight excluding hydrogens is 282 g/mol. The van der Waals surface area contributed by atoms with Crippen molar-refractivity contribution in [2.75, 3.05) is 23.7 Å². The molecule has 0 amide bonds. The summed E-state index contributed by atoms with van der Waals surface area (Å²) < 4.78 is 29.5. The van der Waals surface area contributed by atoms with Gasteiger partial charge in [0, 0.05) is 0 Å². The maximum atomic E-state index is 11.8. The number of hydrogen-bond acceptors (Lipinski definition) is 5. The fraction of sp³-hybridized carbons (Fsp3) is 0.333. The van der Waals surface area contributed by atoms with Gasteiger partial charge in [0.2, 0.25) is 10.0 Å². The number of carbonyl (C=O) groups excluding carboxylic acids is 1. The Labute approximate surface area is 116 Å². The topological polar surface area (TPSA) is 92.4 Å². The zero-order chi connectivity index (χ0) is 14.8. The number of anilines is 1. The first-order valence-electron chi connectivity index (χ1n) is 5.98. The minimum absolute atomic E-state index is 0.204.